The second kappa shape index (κ2) is 6.84. The second-order valence-corrected chi connectivity index (χ2v) is 7.33. The highest BCUT2D eigenvalue weighted by atomic mass is 35.5. The molecule has 0 radical (unpaired) electrons. The van der Waals surface area contributed by atoms with E-state index in [0.29, 0.717) is 23.7 Å². The van der Waals surface area contributed by atoms with E-state index in [0.717, 1.165) is 12.1 Å². The van der Waals surface area contributed by atoms with Crippen LogP contribution in [0, 0.1) is 17.0 Å². The van der Waals surface area contributed by atoms with Crippen LogP contribution in [-0.4, -0.2) is 35.7 Å². The Hall–Kier alpha value is -2.02. The fourth-order valence-electron chi connectivity index (χ4n) is 2.67. The molecule has 7 nitrogen and oxygen atoms in total. The molecule has 1 aromatic rings. The Morgan fingerprint density at radius 1 is 1.46 bits per heavy atom. The van der Waals surface area contributed by atoms with Crippen molar-refractivity contribution in [1.82, 2.24) is 5.32 Å². The highest BCUT2D eigenvalue weighted by molar-refractivity contribution is 6.33. The zero-order valence-electron chi connectivity index (χ0n) is 14.3. The number of rotatable bonds is 3. The minimum Gasteiger partial charge on any atom is -0.444 e. The van der Waals surface area contributed by atoms with Crippen LogP contribution in [0.25, 0.3) is 0 Å². The normalized spacial score (nSPS) is 17.7. The smallest absolute Gasteiger partial charge is 0.407 e. The zero-order chi connectivity index (χ0) is 18.1. The number of amides is 1. The number of carbonyl (C=O) groups is 1. The number of aryl methyl sites for hydroxylation is 1. The number of hydrogen-bond acceptors (Lipinski definition) is 5. The van der Waals surface area contributed by atoms with Crippen molar-refractivity contribution < 1.29 is 14.5 Å². The number of nitrogens with one attached hydrogen (secondary N) is 1. The van der Waals surface area contributed by atoms with Crippen LogP contribution in [0.5, 0.6) is 0 Å². The SMILES string of the molecule is Cc1cc(N2CC[C@H](NC(=O)OC(C)(C)C)C2)c(Cl)cc1[N+](=O)[O-]. The van der Waals surface area contributed by atoms with Crippen molar-refractivity contribution in [3.8, 4) is 0 Å². The summed E-state index contributed by atoms with van der Waals surface area (Å²) in [5.74, 6) is 0. The third-order valence-electron chi connectivity index (χ3n) is 3.71. The van der Waals surface area contributed by atoms with Crippen LogP contribution in [0.4, 0.5) is 16.2 Å². The Kier molecular flexibility index (Phi) is 5.22. The zero-order valence-corrected chi connectivity index (χ0v) is 15.0. The maximum absolute atomic E-state index is 11.8. The Morgan fingerprint density at radius 3 is 2.71 bits per heavy atom. The monoisotopic (exact) mass is 355 g/mol. The van der Waals surface area contributed by atoms with Gasteiger partial charge >= 0.3 is 6.09 Å². The maximum atomic E-state index is 11.8. The summed E-state index contributed by atoms with van der Waals surface area (Å²) >= 11 is 6.21. The Bertz CT molecular complexity index is 657. The quantitative estimate of drug-likeness (QED) is 0.660. The van der Waals surface area contributed by atoms with Crippen molar-refractivity contribution in [2.75, 3.05) is 18.0 Å². The molecule has 0 aliphatic carbocycles. The predicted octanol–water partition coefficient (Wildman–Crippen LogP) is 3.66. The molecule has 2 rings (SSSR count). The maximum Gasteiger partial charge on any atom is 0.407 e. The van der Waals surface area contributed by atoms with Gasteiger partial charge in [-0.15, -0.1) is 0 Å². The molecule has 1 amide bonds. The summed E-state index contributed by atoms with van der Waals surface area (Å²) in [6, 6.07) is 3.04. The summed E-state index contributed by atoms with van der Waals surface area (Å²) in [5, 5.41) is 14.1. The molecular formula is C16H22ClN3O4. The highest BCUT2D eigenvalue weighted by Crippen LogP contribution is 2.34. The van der Waals surface area contributed by atoms with Crippen molar-refractivity contribution in [3.05, 3.63) is 32.8 Å². The number of nitro groups is 1. The van der Waals surface area contributed by atoms with Gasteiger partial charge in [-0.3, -0.25) is 10.1 Å². The number of nitro benzene ring substituents is 1. The number of carbonyl (C=O) groups excluding carboxylic acids is 1. The first kappa shape index (κ1) is 18.3. The van der Waals surface area contributed by atoms with E-state index in [1.165, 1.54) is 6.07 Å². The van der Waals surface area contributed by atoms with Gasteiger partial charge in [0.1, 0.15) is 5.60 Å². The van der Waals surface area contributed by atoms with E-state index < -0.39 is 16.6 Å². The fraction of sp³-hybridized carbons (Fsp3) is 0.562. The lowest BCUT2D eigenvalue weighted by Gasteiger charge is -2.23. The molecular weight excluding hydrogens is 334 g/mol. The molecule has 1 aromatic carbocycles. The lowest BCUT2D eigenvalue weighted by atomic mass is 10.1. The van der Waals surface area contributed by atoms with Crippen molar-refractivity contribution in [2.45, 2.75) is 45.8 Å². The van der Waals surface area contributed by atoms with E-state index in [1.807, 2.05) is 25.7 Å². The first-order valence-electron chi connectivity index (χ1n) is 7.76. The minimum absolute atomic E-state index is 0.00590. The summed E-state index contributed by atoms with van der Waals surface area (Å²) in [4.78, 5) is 24.4. The molecule has 1 fully saturated rings. The van der Waals surface area contributed by atoms with Gasteiger partial charge in [0.2, 0.25) is 0 Å². The number of benzene rings is 1. The van der Waals surface area contributed by atoms with Crippen LogP contribution in [0.15, 0.2) is 12.1 Å². The van der Waals surface area contributed by atoms with Crippen molar-refractivity contribution in [3.63, 3.8) is 0 Å². The molecule has 1 aliphatic rings. The van der Waals surface area contributed by atoms with E-state index >= 15 is 0 Å². The molecule has 0 saturated carbocycles. The minimum atomic E-state index is -0.541. The largest absolute Gasteiger partial charge is 0.444 e. The number of hydrogen-bond donors (Lipinski definition) is 1. The molecule has 1 aliphatic heterocycles. The molecule has 8 heteroatoms. The molecule has 1 atom stereocenters. The third-order valence-corrected chi connectivity index (χ3v) is 4.01. The standard InChI is InChI=1S/C16H22ClN3O4/c1-10-7-14(12(17)8-13(10)20(22)23)19-6-5-11(9-19)18-15(21)24-16(2,3)4/h7-8,11H,5-6,9H2,1-4H3,(H,18,21)/t11-/m0/s1. The van der Waals surface area contributed by atoms with Gasteiger partial charge in [-0.25, -0.2) is 4.79 Å². The molecule has 0 spiro atoms. The van der Waals surface area contributed by atoms with Crippen LogP contribution in [0.1, 0.15) is 32.8 Å². The van der Waals surface area contributed by atoms with Gasteiger partial charge in [0.25, 0.3) is 5.69 Å². The average Bonchev–Trinajstić information content (AvgIpc) is 2.86. The number of alkyl carbamates (subject to hydrolysis) is 1. The van der Waals surface area contributed by atoms with E-state index in [1.54, 1.807) is 13.0 Å². The van der Waals surface area contributed by atoms with Crippen LogP contribution in [0.3, 0.4) is 0 Å². The van der Waals surface area contributed by atoms with Crippen LogP contribution >= 0.6 is 11.6 Å². The Morgan fingerprint density at radius 2 is 2.12 bits per heavy atom. The Balaban J connectivity index is 2.05. The van der Waals surface area contributed by atoms with Crippen LogP contribution in [-0.2, 0) is 4.74 Å². The molecule has 132 valence electrons. The second-order valence-electron chi connectivity index (χ2n) is 6.93. The van der Waals surface area contributed by atoms with Crippen molar-refractivity contribution in [1.29, 1.82) is 0 Å². The molecule has 1 saturated heterocycles. The highest BCUT2D eigenvalue weighted by Gasteiger charge is 2.28. The first-order chi connectivity index (χ1) is 11.1. The molecule has 0 unspecified atom stereocenters. The van der Waals surface area contributed by atoms with Crippen LogP contribution in [0.2, 0.25) is 5.02 Å². The molecule has 1 heterocycles. The van der Waals surface area contributed by atoms with Gasteiger partial charge in [0.15, 0.2) is 0 Å². The van der Waals surface area contributed by atoms with E-state index in [2.05, 4.69) is 5.32 Å². The predicted molar refractivity (Wildman–Crippen MR) is 92.8 cm³/mol. The van der Waals surface area contributed by atoms with Crippen LogP contribution < -0.4 is 10.2 Å². The van der Waals surface area contributed by atoms with Gasteiger partial charge in [0.05, 0.1) is 21.7 Å². The topological polar surface area (TPSA) is 84.7 Å². The summed E-state index contributed by atoms with van der Waals surface area (Å²) in [6.07, 6.45) is 0.311. The van der Waals surface area contributed by atoms with Gasteiger partial charge in [-0.1, -0.05) is 11.6 Å². The van der Waals surface area contributed by atoms with Gasteiger partial charge < -0.3 is 15.0 Å². The molecule has 0 aromatic heterocycles. The summed E-state index contributed by atoms with van der Waals surface area (Å²) in [7, 11) is 0. The summed E-state index contributed by atoms with van der Waals surface area (Å²) < 4.78 is 5.26. The van der Waals surface area contributed by atoms with Gasteiger partial charge in [-0.2, -0.15) is 0 Å². The average molecular weight is 356 g/mol. The van der Waals surface area contributed by atoms with Gasteiger partial charge in [-0.05, 0) is 40.2 Å². The lowest BCUT2D eigenvalue weighted by molar-refractivity contribution is -0.385. The number of nitrogens with zero attached hydrogens (tertiary/aromatic N) is 2. The summed E-state index contributed by atoms with van der Waals surface area (Å²) in [6.45, 7) is 8.41. The Labute approximate surface area is 146 Å². The molecule has 24 heavy (non-hydrogen) atoms. The van der Waals surface area contributed by atoms with E-state index in [9.17, 15) is 14.9 Å². The van der Waals surface area contributed by atoms with Gasteiger partial charge in [0, 0.05) is 24.7 Å². The fourth-order valence-corrected chi connectivity index (χ4v) is 2.94. The lowest BCUT2D eigenvalue weighted by Crippen LogP contribution is -2.40. The molecule has 0 bridgehead atoms. The first-order valence-corrected chi connectivity index (χ1v) is 8.13. The van der Waals surface area contributed by atoms with E-state index in [-0.39, 0.29) is 11.7 Å². The number of halogens is 1. The van der Waals surface area contributed by atoms with E-state index in [4.69, 9.17) is 16.3 Å². The van der Waals surface area contributed by atoms with Crippen molar-refractivity contribution >= 4 is 29.1 Å². The summed E-state index contributed by atoms with van der Waals surface area (Å²) in [5.41, 5.74) is 0.767. The number of anilines is 1. The number of ether oxygens (including phenoxy) is 1. The van der Waals surface area contributed by atoms with Crippen molar-refractivity contribution in [2.24, 2.45) is 0 Å². The molecule has 1 N–H and O–H groups in total. The third kappa shape index (κ3) is 4.50.